The highest BCUT2D eigenvalue weighted by atomic mass is 32.2. The molecule has 1 aromatic rings. The van der Waals surface area contributed by atoms with E-state index in [1.54, 1.807) is 11.8 Å². The normalized spacial score (nSPS) is 31.6. The third-order valence-corrected chi connectivity index (χ3v) is 7.14. The molecule has 5 heteroatoms. The molecular formula is C21H27NO3S. The van der Waals surface area contributed by atoms with Gasteiger partial charge in [-0.25, -0.2) is 0 Å². The van der Waals surface area contributed by atoms with Crippen molar-refractivity contribution < 1.29 is 14.3 Å². The Morgan fingerprint density at radius 1 is 1.04 bits per heavy atom. The molecule has 4 aliphatic carbocycles. The van der Waals surface area contributed by atoms with E-state index < -0.39 is 0 Å². The Balaban J connectivity index is 1.18. The number of carbonyl (C=O) groups is 2. The van der Waals surface area contributed by atoms with E-state index in [0.29, 0.717) is 12.2 Å². The molecule has 4 aliphatic rings. The van der Waals surface area contributed by atoms with E-state index in [1.807, 2.05) is 30.3 Å². The van der Waals surface area contributed by atoms with Crippen molar-refractivity contribution in [2.45, 2.75) is 55.4 Å². The largest absolute Gasteiger partial charge is 0.456 e. The maximum Gasteiger partial charge on any atom is 0.307 e. The average Bonchev–Trinajstić information content (AvgIpc) is 2.59. The number of rotatable bonds is 7. The van der Waals surface area contributed by atoms with E-state index in [2.05, 4.69) is 5.32 Å². The van der Waals surface area contributed by atoms with Crippen LogP contribution in [-0.4, -0.2) is 29.8 Å². The van der Waals surface area contributed by atoms with Gasteiger partial charge in [0, 0.05) is 16.2 Å². The van der Waals surface area contributed by atoms with Crippen LogP contribution < -0.4 is 5.32 Å². The van der Waals surface area contributed by atoms with Crippen LogP contribution in [0.15, 0.2) is 35.2 Å². The summed E-state index contributed by atoms with van der Waals surface area (Å²) in [6.45, 7) is -0.142. The summed E-state index contributed by atoms with van der Waals surface area (Å²) < 4.78 is 5.19. The Hall–Kier alpha value is -1.49. The molecule has 0 atom stereocenters. The lowest BCUT2D eigenvalue weighted by Crippen LogP contribution is -2.60. The van der Waals surface area contributed by atoms with Gasteiger partial charge in [0.25, 0.3) is 5.91 Å². The van der Waals surface area contributed by atoms with Gasteiger partial charge in [-0.1, -0.05) is 18.2 Å². The van der Waals surface area contributed by atoms with Crippen LogP contribution in [0.5, 0.6) is 0 Å². The first-order chi connectivity index (χ1) is 12.6. The molecule has 4 saturated carbocycles. The quantitative estimate of drug-likeness (QED) is 0.583. The fourth-order valence-corrected chi connectivity index (χ4v) is 6.44. The van der Waals surface area contributed by atoms with E-state index in [1.165, 1.54) is 19.3 Å². The minimum atomic E-state index is -0.297. The number of ether oxygens (including phenoxy) is 1. The Labute approximate surface area is 159 Å². The van der Waals surface area contributed by atoms with Crippen molar-refractivity contribution in [2.75, 3.05) is 12.4 Å². The van der Waals surface area contributed by atoms with Crippen LogP contribution in [0.1, 0.15) is 44.9 Å². The smallest absolute Gasteiger partial charge is 0.307 e. The Morgan fingerprint density at radius 3 is 2.27 bits per heavy atom. The molecule has 4 fully saturated rings. The second-order valence-electron chi connectivity index (χ2n) is 8.32. The molecule has 0 saturated heterocycles. The van der Waals surface area contributed by atoms with Crippen LogP contribution in [0.25, 0.3) is 0 Å². The fraction of sp³-hybridized carbons (Fsp3) is 0.619. The number of hydrogen-bond acceptors (Lipinski definition) is 4. The minimum Gasteiger partial charge on any atom is -0.456 e. The molecule has 1 aromatic carbocycles. The zero-order valence-corrected chi connectivity index (χ0v) is 15.9. The van der Waals surface area contributed by atoms with E-state index >= 15 is 0 Å². The number of thioether (sulfide) groups is 1. The topological polar surface area (TPSA) is 55.4 Å². The van der Waals surface area contributed by atoms with Crippen molar-refractivity contribution in [3.8, 4) is 0 Å². The van der Waals surface area contributed by atoms with E-state index in [9.17, 15) is 9.59 Å². The standard InChI is InChI=1S/C21H27NO3S/c23-19(14-25-20(24)6-7-26-18-4-2-1-3-5-18)22-21-11-15-8-16(12-21)10-17(9-15)13-21/h1-5,15-17H,6-14H2,(H,22,23). The zero-order valence-electron chi connectivity index (χ0n) is 15.1. The van der Waals surface area contributed by atoms with Gasteiger partial charge in [0.15, 0.2) is 6.61 Å². The van der Waals surface area contributed by atoms with Gasteiger partial charge in [0.05, 0.1) is 6.42 Å². The molecule has 0 heterocycles. The molecule has 0 radical (unpaired) electrons. The van der Waals surface area contributed by atoms with Gasteiger partial charge in [-0.05, 0) is 68.4 Å². The van der Waals surface area contributed by atoms with Crippen molar-refractivity contribution in [3.05, 3.63) is 30.3 Å². The lowest BCUT2D eigenvalue weighted by atomic mass is 9.53. The number of carbonyl (C=O) groups excluding carboxylic acids is 2. The minimum absolute atomic E-state index is 0.0125. The number of esters is 1. The highest BCUT2D eigenvalue weighted by Gasteiger charge is 2.51. The number of amides is 1. The van der Waals surface area contributed by atoms with Crippen molar-refractivity contribution in [1.82, 2.24) is 5.32 Å². The van der Waals surface area contributed by atoms with Crippen LogP contribution in [-0.2, 0) is 14.3 Å². The van der Waals surface area contributed by atoms with Crippen LogP contribution in [0, 0.1) is 17.8 Å². The molecule has 0 aromatic heterocycles. The Kier molecular flexibility index (Phi) is 5.25. The fourth-order valence-electron chi connectivity index (χ4n) is 5.58. The van der Waals surface area contributed by atoms with Gasteiger partial charge in [-0.15, -0.1) is 11.8 Å². The third-order valence-electron chi connectivity index (χ3n) is 6.13. The SMILES string of the molecule is O=C(COC(=O)CCSc1ccccc1)NC12CC3CC(CC(C3)C1)C2. The Bertz CT molecular complexity index is 625. The van der Waals surface area contributed by atoms with Crippen LogP contribution in [0.2, 0.25) is 0 Å². The van der Waals surface area contributed by atoms with Gasteiger partial charge in [-0.3, -0.25) is 9.59 Å². The Morgan fingerprint density at radius 2 is 1.65 bits per heavy atom. The summed E-state index contributed by atoms with van der Waals surface area (Å²) in [4.78, 5) is 25.4. The molecule has 0 aliphatic heterocycles. The maximum atomic E-state index is 12.3. The van der Waals surface area contributed by atoms with Crippen LogP contribution >= 0.6 is 11.8 Å². The maximum absolute atomic E-state index is 12.3. The number of nitrogens with one attached hydrogen (secondary N) is 1. The summed E-state index contributed by atoms with van der Waals surface area (Å²) in [5, 5.41) is 3.24. The lowest BCUT2D eigenvalue weighted by molar-refractivity contribution is -0.149. The van der Waals surface area contributed by atoms with Gasteiger partial charge >= 0.3 is 5.97 Å². The summed E-state index contributed by atoms with van der Waals surface area (Å²) >= 11 is 1.63. The van der Waals surface area contributed by atoms with Crippen molar-refractivity contribution in [2.24, 2.45) is 17.8 Å². The first-order valence-corrected chi connectivity index (χ1v) is 10.7. The molecule has 140 valence electrons. The van der Waals surface area contributed by atoms with Gasteiger partial charge in [0.1, 0.15) is 0 Å². The van der Waals surface area contributed by atoms with Gasteiger partial charge in [-0.2, -0.15) is 0 Å². The predicted octanol–water partition coefficient (Wildman–Crippen LogP) is 3.80. The summed E-state index contributed by atoms with van der Waals surface area (Å²) in [6.07, 6.45) is 7.73. The molecule has 0 spiro atoms. The van der Waals surface area contributed by atoms with E-state index in [-0.39, 0.29) is 24.0 Å². The van der Waals surface area contributed by atoms with Crippen molar-refractivity contribution >= 4 is 23.6 Å². The van der Waals surface area contributed by atoms with Crippen LogP contribution in [0.4, 0.5) is 0 Å². The highest BCUT2D eigenvalue weighted by Crippen LogP contribution is 2.55. The number of benzene rings is 1. The summed E-state index contributed by atoms with van der Waals surface area (Å²) in [7, 11) is 0. The monoisotopic (exact) mass is 373 g/mol. The average molecular weight is 374 g/mol. The molecule has 0 unspecified atom stereocenters. The lowest BCUT2D eigenvalue weighted by Gasteiger charge is -2.56. The second-order valence-corrected chi connectivity index (χ2v) is 9.49. The van der Waals surface area contributed by atoms with E-state index in [4.69, 9.17) is 4.74 Å². The second kappa shape index (κ2) is 7.63. The first kappa shape index (κ1) is 17.9. The third kappa shape index (κ3) is 4.25. The van der Waals surface area contributed by atoms with Gasteiger partial charge in [0.2, 0.25) is 0 Å². The molecule has 26 heavy (non-hydrogen) atoms. The summed E-state index contributed by atoms with van der Waals surface area (Å²) in [5.74, 6) is 2.61. The molecule has 5 rings (SSSR count). The summed E-state index contributed by atoms with van der Waals surface area (Å²) in [5.41, 5.74) is -0.0125. The highest BCUT2D eigenvalue weighted by molar-refractivity contribution is 7.99. The predicted molar refractivity (Wildman–Crippen MR) is 102 cm³/mol. The van der Waals surface area contributed by atoms with Crippen molar-refractivity contribution in [1.29, 1.82) is 0 Å². The van der Waals surface area contributed by atoms with E-state index in [0.717, 1.165) is 41.9 Å². The van der Waals surface area contributed by atoms with Crippen LogP contribution in [0.3, 0.4) is 0 Å². The van der Waals surface area contributed by atoms with Gasteiger partial charge < -0.3 is 10.1 Å². The van der Waals surface area contributed by atoms with Crippen molar-refractivity contribution in [3.63, 3.8) is 0 Å². The molecule has 4 bridgehead atoms. The first-order valence-electron chi connectivity index (χ1n) is 9.75. The molecule has 4 nitrogen and oxygen atoms in total. The molecular weight excluding hydrogens is 346 g/mol. The number of hydrogen-bond donors (Lipinski definition) is 1. The molecule has 1 amide bonds. The summed E-state index contributed by atoms with van der Waals surface area (Å²) in [6, 6.07) is 9.98. The zero-order chi connectivity index (χ0) is 18.0. The molecule has 1 N–H and O–H groups in total.